The Morgan fingerprint density at radius 3 is 1.85 bits per heavy atom. The van der Waals surface area contributed by atoms with Gasteiger partial charge >= 0.3 is 0 Å². The van der Waals surface area contributed by atoms with Gasteiger partial charge in [-0.2, -0.15) is 5.26 Å². The molecule has 2 nitrogen and oxygen atoms in total. The monoisotopic (exact) mass is 484 g/mol. The third kappa shape index (κ3) is 6.54. The van der Waals surface area contributed by atoms with Crippen LogP contribution in [-0.2, 0) is 22.6 Å². The van der Waals surface area contributed by atoms with Crippen molar-refractivity contribution in [3.05, 3.63) is 70.8 Å². The Bertz CT molecular complexity index is 873. The number of hydrogen-bond donors (Lipinski definition) is 0. The lowest BCUT2D eigenvalue weighted by atomic mass is 9.71. The summed E-state index contributed by atoms with van der Waals surface area (Å²) in [5.41, 5.74) is 5.62. The molecule has 0 saturated heterocycles. The minimum atomic E-state index is -0.153. The predicted molar refractivity (Wildman–Crippen MR) is 141 cm³/mol. The Labute approximate surface area is 210 Å². The van der Waals surface area contributed by atoms with Crippen molar-refractivity contribution in [3.8, 4) is 6.07 Å². The van der Waals surface area contributed by atoms with Crippen LogP contribution in [0.15, 0.2) is 48.5 Å². The molecule has 0 aromatic heterocycles. The second-order valence-electron chi connectivity index (χ2n) is 9.47. The standard InChI is InChI=1S/C27H35Cl2N.C2H3N/c1-2-30(21-15-22-10-4-3-5-11-22)20-7-12-23-24(26(28)16-8-17-26)13-6-14-25(23)27(29)18-9-19-27;1-2-3/h3-6,10-11,13-14H,2,7-9,12,15-21H2,1H3;1H3. The first-order valence-corrected chi connectivity index (χ1v) is 13.3. The third-order valence-corrected chi connectivity index (χ3v) is 8.50. The summed E-state index contributed by atoms with van der Waals surface area (Å²) in [5, 5.41) is 7.32. The summed E-state index contributed by atoms with van der Waals surface area (Å²) < 4.78 is 0. The number of nitriles is 1. The van der Waals surface area contributed by atoms with Gasteiger partial charge in [0.1, 0.15) is 0 Å². The van der Waals surface area contributed by atoms with Gasteiger partial charge in [-0.1, -0.05) is 55.5 Å². The molecule has 2 aromatic carbocycles. The topological polar surface area (TPSA) is 27.0 Å². The molecule has 0 atom stereocenters. The first kappa shape index (κ1) is 26.1. The van der Waals surface area contributed by atoms with Crippen molar-refractivity contribution in [2.24, 2.45) is 0 Å². The number of alkyl halides is 2. The normalized spacial score (nSPS) is 17.8. The first-order chi connectivity index (χ1) is 16.0. The molecule has 2 saturated carbocycles. The molecule has 0 aliphatic heterocycles. The van der Waals surface area contributed by atoms with Gasteiger partial charge in [-0.3, -0.25) is 0 Å². The summed E-state index contributed by atoms with van der Waals surface area (Å²) in [4.78, 5) is 2.27. The molecule has 2 fully saturated rings. The Morgan fingerprint density at radius 1 is 0.848 bits per heavy atom. The first-order valence-electron chi connectivity index (χ1n) is 12.5. The highest BCUT2D eigenvalue weighted by atomic mass is 35.5. The maximum absolute atomic E-state index is 7.32. The molecule has 0 N–H and O–H groups in total. The van der Waals surface area contributed by atoms with Crippen molar-refractivity contribution >= 4 is 23.2 Å². The molecular weight excluding hydrogens is 447 g/mol. The highest BCUT2D eigenvalue weighted by molar-refractivity contribution is 6.25. The minimum absolute atomic E-state index is 0.153. The van der Waals surface area contributed by atoms with Crippen molar-refractivity contribution in [2.45, 2.75) is 81.4 Å². The molecule has 0 amide bonds. The van der Waals surface area contributed by atoms with E-state index in [4.69, 9.17) is 28.5 Å². The zero-order chi connectivity index (χ0) is 23.7. The van der Waals surface area contributed by atoms with Gasteiger partial charge in [0.25, 0.3) is 0 Å². The summed E-state index contributed by atoms with van der Waals surface area (Å²) in [6.07, 6.45) is 10.2. The van der Waals surface area contributed by atoms with Gasteiger partial charge in [0, 0.05) is 13.5 Å². The summed E-state index contributed by atoms with van der Waals surface area (Å²) in [5.74, 6) is 0. The number of rotatable bonds is 10. The van der Waals surface area contributed by atoms with Gasteiger partial charge < -0.3 is 4.90 Å². The van der Waals surface area contributed by atoms with E-state index in [9.17, 15) is 0 Å². The summed E-state index contributed by atoms with van der Waals surface area (Å²) >= 11 is 14.1. The van der Waals surface area contributed by atoms with E-state index in [0.717, 1.165) is 64.6 Å². The van der Waals surface area contributed by atoms with Gasteiger partial charge in [0.05, 0.1) is 15.8 Å². The highest BCUT2D eigenvalue weighted by Crippen LogP contribution is 2.53. The van der Waals surface area contributed by atoms with E-state index >= 15 is 0 Å². The molecule has 0 unspecified atom stereocenters. The van der Waals surface area contributed by atoms with Crippen LogP contribution in [0, 0.1) is 11.3 Å². The molecule has 0 heterocycles. The molecule has 0 radical (unpaired) electrons. The Hall–Kier alpha value is -1.53. The molecule has 4 rings (SSSR count). The number of benzene rings is 2. The largest absolute Gasteiger partial charge is 0.303 e. The summed E-state index contributed by atoms with van der Waals surface area (Å²) in [6.45, 7) is 7.05. The summed E-state index contributed by atoms with van der Waals surface area (Å²) in [7, 11) is 0. The number of nitrogens with zero attached hydrogens (tertiary/aromatic N) is 2. The zero-order valence-electron chi connectivity index (χ0n) is 20.3. The summed E-state index contributed by atoms with van der Waals surface area (Å²) in [6, 6.07) is 19.3. The molecule has 2 aliphatic rings. The van der Waals surface area contributed by atoms with Crippen molar-refractivity contribution in [1.82, 2.24) is 4.90 Å². The molecule has 2 aromatic rings. The van der Waals surface area contributed by atoms with E-state index in [1.165, 1.54) is 42.0 Å². The molecule has 2 aliphatic carbocycles. The quantitative estimate of drug-likeness (QED) is 0.319. The van der Waals surface area contributed by atoms with Crippen LogP contribution in [0.4, 0.5) is 0 Å². The van der Waals surface area contributed by atoms with Crippen LogP contribution in [0.3, 0.4) is 0 Å². The minimum Gasteiger partial charge on any atom is -0.303 e. The van der Waals surface area contributed by atoms with Crippen LogP contribution < -0.4 is 0 Å². The Kier molecular flexibility index (Phi) is 9.69. The molecule has 0 bridgehead atoms. The van der Waals surface area contributed by atoms with Crippen LogP contribution in [0.1, 0.15) is 81.0 Å². The van der Waals surface area contributed by atoms with Crippen molar-refractivity contribution < 1.29 is 0 Å². The van der Waals surface area contributed by atoms with Gasteiger partial charge in [0.15, 0.2) is 0 Å². The zero-order valence-corrected chi connectivity index (χ0v) is 21.8. The van der Waals surface area contributed by atoms with Crippen molar-refractivity contribution in [1.29, 1.82) is 5.26 Å². The van der Waals surface area contributed by atoms with Gasteiger partial charge in [-0.05, 0) is 93.1 Å². The Balaban J connectivity index is 0.000000968. The lowest BCUT2D eigenvalue weighted by molar-refractivity contribution is 0.286. The highest BCUT2D eigenvalue weighted by Gasteiger charge is 2.42. The average Bonchev–Trinajstić information content (AvgIpc) is 2.79. The molecule has 0 spiro atoms. The molecular formula is C29H38Cl2N2. The number of likely N-dealkylation sites (N-methyl/N-ethyl adjacent to an activating group) is 1. The van der Waals surface area contributed by atoms with E-state index in [0.29, 0.717) is 0 Å². The SMILES string of the molecule is CC#N.CCN(CCCc1c(C2(Cl)CCC2)cccc1C1(Cl)CCC1)CCc1ccccc1. The van der Waals surface area contributed by atoms with E-state index < -0.39 is 0 Å². The maximum atomic E-state index is 7.32. The lowest BCUT2D eigenvalue weighted by Crippen LogP contribution is -2.33. The fraction of sp³-hybridized carbons (Fsp3) is 0.552. The molecule has 33 heavy (non-hydrogen) atoms. The van der Waals surface area contributed by atoms with Crippen LogP contribution in [-0.4, -0.2) is 24.5 Å². The predicted octanol–water partition coefficient (Wildman–Crippen LogP) is 7.95. The van der Waals surface area contributed by atoms with Crippen LogP contribution in [0.2, 0.25) is 0 Å². The molecule has 178 valence electrons. The second-order valence-corrected chi connectivity index (χ2v) is 10.9. The van der Waals surface area contributed by atoms with Crippen LogP contribution in [0.5, 0.6) is 0 Å². The fourth-order valence-corrected chi connectivity index (χ4v) is 5.94. The van der Waals surface area contributed by atoms with E-state index in [1.807, 2.05) is 0 Å². The third-order valence-electron chi connectivity index (χ3n) is 7.34. The van der Waals surface area contributed by atoms with Gasteiger partial charge in [-0.15, -0.1) is 23.2 Å². The Morgan fingerprint density at radius 2 is 1.39 bits per heavy atom. The van der Waals surface area contributed by atoms with E-state index in [2.05, 4.69) is 60.4 Å². The lowest BCUT2D eigenvalue weighted by Gasteiger charge is -2.42. The maximum Gasteiger partial charge on any atom is 0.0697 e. The second kappa shape index (κ2) is 12.3. The van der Waals surface area contributed by atoms with Crippen molar-refractivity contribution in [3.63, 3.8) is 0 Å². The van der Waals surface area contributed by atoms with E-state index in [-0.39, 0.29) is 9.75 Å². The van der Waals surface area contributed by atoms with Crippen molar-refractivity contribution in [2.75, 3.05) is 19.6 Å². The number of halogens is 2. The smallest absolute Gasteiger partial charge is 0.0697 e. The number of hydrogen-bond acceptors (Lipinski definition) is 2. The fourth-order valence-electron chi connectivity index (χ4n) is 5.05. The van der Waals surface area contributed by atoms with E-state index in [1.54, 1.807) is 6.07 Å². The average molecular weight is 486 g/mol. The van der Waals surface area contributed by atoms with Crippen LogP contribution >= 0.6 is 23.2 Å². The van der Waals surface area contributed by atoms with Gasteiger partial charge in [-0.25, -0.2) is 0 Å². The van der Waals surface area contributed by atoms with Crippen LogP contribution in [0.25, 0.3) is 0 Å². The molecule has 4 heteroatoms. The van der Waals surface area contributed by atoms with Gasteiger partial charge in [0.2, 0.25) is 0 Å².